The third-order valence-corrected chi connectivity index (χ3v) is 4.44. The second kappa shape index (κ2) is 14.0. The maximum absolute atomic E-state index is 13.5. The van der Waals surface area contributed by atoms with E-state index in [2.05, 4.69) is 5.32 Å². The molecule has 0 aromatic rings. The summed E-state index contributed by atoms with van der Waals surface area (Å²) in [6, 6.07) is 0. The molecule has 0 radical (unpaired) electrons. The predicted molar refractivity (Wildman–Crippen MR) is 118 cm³/mol. The van der Waals surface area contributed by atoms with E-state index in [9.17, 15) is 28.0 Å². The highest BCUT2D eigenvalue weighted by atomic mass is 19.3. The number of halogens is 2. The number of alkyl halides is 2. The third-order valence-electron chi connectivity index (χ3n) is 4.44. The molecular weight excluding hydrogens is 458 g/mol. The highest BCUT2D eigenvalue weighted by molar-refractivity contribution is 5.81. The molecule has 0 aromatic heterocycles. The number of nitrogens with one attached hydrogen (secondary N) is 1. The van der Waals surface area contributed by atoms with E-state index in [-0.39, 0.29) is 31.4 Å². The van der Waals surface area contributed by atoms with Crippen LogP contribution in [0, 0.1) is 17.3 Å². The van der Waals surface area contributed by atoms with Crippen molar-refractivity contribution in [1.82, 2.24) is 5.32 Å². The zero-order valence-electron chi connectivity index (χ0n) is 20.9. The molecule has 10 nitrogen and oxygen atoms in total. The van der Waals surface area contributed by atoms with Crippen LogP contribution in [0.15, 0.2) is 0 Å². The second-order valence-electron chi connectivity index (χ2n) is 9.50. The van der Waals surface area contributed by atoms with Crippen molar-refractivity contribution in [3.05, 3.63) is 0 Å². The normalized spacial score (nSPS) is 14.4. The predicted octanol–water partition coefficient (Wildman–Crippen LogP) is 2.77. The molecule has 0 aromatic carbocycles. The van der Waals surface area contributed by atoms with Crippen molar-refractivity contribution in [1.29, 1.82) is 0 Å². The lowest BCUT2D eigenvalue weighted by Crippen LogP contribution is -2.55. The van der Waals surface area contributed by atoms with Crippen LogP contribution in [0.2, 0.25) is 0 Å². The fraction of sp³-hybridized carbons (Fsp3) is 0.818. The molecule has 0 fully saturated rings. The van der Waals surface area contributed by atoms with Gasteiger partial charge in [-0.2, -0.15) is 0 Å². The number of carbonyl (C=O) groups excluding carboxylic acids is 4. The smallest absolute Gasteiger partial charge is 0.410 e. The molecule has 0 saturated carbocycles. The van der Waals surface area contributed by atoms with E-state index in [1.165, 1.54) is 0 Å². The number of nitrogens with two attached hydrogens (primary N) is 1. The maximum Gasteiger partial charge on any atom is 0.410 e. The van der Waals surface area contributed by atoms with E-state index in [0.29, 0.717) is 0 Å². The number of rotatable bonds is 13. The molecule has 0 aliphatic heterocycles. The van der Waals surface area contributed by atoms with E-state index in [0.717, 1.165) is 0 Å². The van der Waals surface area contributed by atoms with E-state index >= 15 is 0 Å². The summed E-state index contributed by atoms with van der Waals surface area (Å²) in [5.74, 6) is -3.14. The summed E-state index contributed by atoms with van der Waals surface area (Å²) >= 11 is 0. The Balaban J connectivity index is 4.63. The highest BCUT2D eigenvalue weighted by Gasteiger charge is 2.44. The quantitative estimate of drug-likeness (QED) is 0.170. The Morgan fingerprint density at radius 3 is 1.94 bits per heavy atom. The van der Waals surface area contributed by atoms with Crippen LogP contribution >= 0.6 is 0 Å². The minimum Gasteiger partial charge on any atom is -0.462 e. The van der Waals surface area contributed by atoms with Crippen LogP contribution in [0.1, 0.15) is 61.3 Å². The van der Waals surface area contributed by atoms with Crippen LogP contribution in [0.5, 0.6) is 0 Å². The molecule has 0 bridgehead atoms. The number of carbonyl (C=O) groups is 4. The van der Waals surface area contributed by atoms with Crippen molar-refractivity contribution in [3.63, 3.8) is 0 Å². The lowest BCUT2D eigenvalue weighted by molar-refractivity contribution is -0.184. The third kappa shape index (κ3) is 11.1. The van der Waals surface area contributed by atoms with Gasteiger partial charge >= 0.3 is 24.0 Å². The fourth-order valence-corrected chi connectivity index (χ4v) is 2.17. The second-order valence-corrected chi connectivity index (χ2v) is 9.50. The largest absolute Gasteiger partial charge is 0.462 e. The van der Waals surface area contributed by atoms with Crippen LogP contribution in [0.3, 0.4) is 0 Å². The monoisotopic (exact) mass is 496 g/mol. The SMILES string of the molecule is CC(C)C(=O)OCCOC(=O)C(N)(CCCNC(=O)OC(OC(=O)C(C)(C)C)C(C)C)C(F)F. The van der Waals surface area contributed by atoms with E-state index in [4.69, 9.17) is 24.7 Å². The van der Waals surface area contributed by atoms with Crippen LogP contribution in [0.4, 0.5) is 13.6 Å². The fourth-order valence-electron chi connectivity index (χ4n) is 2.17. The van der Waals surface area contributed by atoms with Gasteiger partial charge in [0.1, 0.15) is 13.2 Å². The first kappa shape index (κ1) is 31.5. The number of amides is 1. The summed E-state index contributed by atoms with van der Waals surface area (Å²) in [5, 5.41) is 2.34. The lowest BCUT2D eigenvalue weighted by Gasteiger charge is -2.27. The van der Waals surface area contributed by atoms with E-state index in [1.54, 1.807) is 48.5 Å². The number of alkyl carbamates (subject to hydrolysis) is 1. The van der Waals surface area contributed by atoms with Crippen molar-refractivity contribution in [3.8, 4) is 0 Å². The number of hydrogen-bond donors (Lipinski definition) is 2. The summed E-state index contributed by atoms with van der Waals surface area (Å²) in [4.78, 5) is 47.5. The Labute approximate surface area is 199 Å². The minimum absolute atomic E-state index is 0.0957. The van der Waals surface area contributed by atoms with E-state index < -0.39 is 60.7 Å². The Bertz CT molecular complexity index is 695. The average Bonchev–Trinajstić information content (AvgIpc) is 2.71. The van der Waals surface area contributed by atoms with Gasteiger partial charge in [-0.3, -0.25) is 9.59 Å². The van der Waals surface area contributed by atoms with Crippen molar-refractivity contribution in [2.45, 2.75) is 79.6 Å². The van der Waals surface area contributed by atoms with Gasteiger partial charge in [-0.05, 0) is 33.6 Å². The Morgan fingerprint density at radius 1 is 0.912 bits per heavy atom. The van der Waals surface area contributed by atoms with Crippen LogP contribution < -0.4 is 11.1 Å². The first-order valence-electron chi connectivity index (χ1n) is 11.1. The van der Waals surface area contributed by atoms with Crippen molar-refractivity contribution in [2.75, 3.05) is 19.8 Å². The molecule has 12 heteroatoms. The molecule has 34 heavy (non-hydrogen) atoms. The summed E-state index contributed by atoms with van der Waals surface area (Å²) in [5.41, 5.74) is 2.18. The highest BCUT2D eigenvalue weighted by Crippen LogP contribution is 2.21. The van der Waals surface area contributed by atoms with Crippen LogP contribution in [-0.2, 0) is 33.3 Å². The summed E-state index contributed by atoms with van der Waals surface area (Å²) < 4.78 is 46.8. The summed E-state index contributed by atoms with van der Waals surface area (Å²) in [7, 11) is 0. The Hall–Kier alpha value is -2.50. The molecular formula is C22H38F2N2O8. The van der Waals surface area contributed by atoms with Gasteiger partial charge in [0.15, 0.2) is 5.54 Å². The van der Waals surface area contributed by atoms with Gasteiger partial charge in [-0.1, -0.05) is 27.7 Å². The number of ether oxygens (including phenoxy) is 4. The summed E-state index contributed by atoms with van der Waals surface area (Å²) in [6.45, 7) is 10.7. The van der Waals surface area contributed by atoms with Gasteiger partial charge in [0, 0.05) is 12.5 Å². The molecule has 3 N–H and O–H groups in total. The average molecular weight is 497 g/mol. The van der Waals surface area contributed by atoms with Crippen LogP contribution in [-0.4, -0.2) is 62.0 Å². The van der Waals surface area contributed by atoms with Crippen molar-refractivity contribution >= 4 is 24.0 Å². The molecule has 0 aliphatic carbocycles. The molecule has 2 atom stereocenters. The van der Waals surface area contributed by atoms with Gasteiger partial charge in [-0.25, -0.2) is 18.4 Å². The van der Waals surface area contributed by atoms with Gasteiger partial charge in [0.25, 0.3) is 12.7 Å². The number of esters is 3. The molecule has 0 heterocycles. The molecule has 1 amide bonds. The van der Waals surface area contributed by atoms with E-state index in [1.807, 2.05) is 0 Å². The first-order chi connectivity index (χ1) is 15.5. The standard InChI is InChI=1S/C22H38F2N2O8/c1-13(2)15(27)31-11-12-32-19(29)22(25,17(23)24)9-8-10-26-20(30)34-16(14(3)4)33-18(28)21(5,6)7/h13-14,16-17H,8-12,25H2,1-7H3,(H,26,30). The minimum atomic E-state index is -3.23. The zero-order chi connectivity index (χ0) is 26.7. The summed E-state index contributed by atoms with van der Waals surface area (Å²) in [6.07, 6.45) is -5.88. The molecule has 0 aliphatic rings. The Morgan fingerprint density at radius 2 is 1.47 bits per heavy atom. The number of hydrogen-bond acceptors (Lipinski definition) is 9. The topological polar surface area (TPSA) is 143 Å². The first-order valence-corrected chi connectivity index (χ1v) is 11.1. The zero-order valence-corrected chi connectivity index (χ0v) is 20.9. The maximum atomic E-state index is 13.5. The van der Waals surface area contributed by atoms with Crippen LogP contribution in [0.25, 0.3) is 0 Å². The molecule has 0 saturated heterocycles. The van der Waals surface area contributed by atoms with Crippen molar-refractivity contribution in [2.24, 2.45) is 23.0 Å². The molecule has 0 spiro atoms. The van der Waals surface area contributed by atoms with Gasteiger partial charge in [0.05, 0.1) is 11.3 Å². The van der Waals surface area contributed by atoms with Gasteiger partial charge in [0.2, 0.25) is 0 Å². The molecule has 0 rings (SSSR count). The molecule has 198 valence electrons. The Kier molecular flexibility index (Phi) is 13.0. The van der Waals surface area contributed by atoms with Gasteiger partial charge in [-0.15, -0.1) is 0 Å². The van der Waals surface area contributed by atoms with Crippen molar-refractivity contribution < 1.29 is 46.9 Å². The molecule has 2 unspecified atom stereocenters. The lowest BCUT2D eigenvalue weighted by atomic mass is 9.95. The van der Waals surface area contributed by atoms with Gasteiger partial charge < -0.3 is 30.0 Å².